The number of rotatable bonds is 7. The van der Waals surface area contributed by atoms with Gasteiger partial charge in [-0.2, -0.15) is 4.31 Å². The largest absolute Gasteiger partial charge is 0.323 e. The predicted molar refractivity (Wildman–Crippen MR) is 114 cm³/mol. The Hall–Kier alpha value is -1.15. The molecule has 0 bridgehead atoms. The smallest absolute Gasteiger partial charge is 0.243 e. The first-order valence-electron chi connectivity index (χ1n) is 10.2. The normalized spacial score (nSPS) is 17.8. The van der Waals surface area contributed by atoms with Crippen LogP contribution in [0.1, 0.15) is 52.9 Å². The first-order chi connectivity index (χ1) is 13.3. The minimum Gasteiger partial charge on any atom is -0.323 e. The summed E-state index contributed by atoms with van der Waals surface area (Å²) in [6, 6.07) is 4.16. The third-order valence-corrected chi connectivity index (χ3v) is 7.73. The molecule has 1 amide bonds. The van der Waals surface area contributed by atoms with Gasteiger partial charge in [0.15, 0.2) is 0 Å². The summed E-state index contributed by atoms with van der Waals surface area (Å²) >= 11 is 6.24. The van der Waals surface area contributed by atoms with Crippen LogP contribution < -0.4 is 5.32 Å². The Labute approximate surface area is 174 Å². The fraction of sp³-hybridized carbons (Fsp3) is 0.650. The van der Waals surface area contributed by atoms with Crippen molar-refractivity contribution in [2.24, 2.45) is 0 Å². The molecule has 1 aliphatic heterocycles. The molecular formula is C20H32ClN3O3S. The van der Waals surface area contributed by atoms with Crippen LogP contribution in [-0.4, -0.2) is 55.8 Å². The lowest BCUT2D eigenvalue weighted by Crippen LogP contribution is -2.43. The Morgan fingerprint density at radius 2 is 1.71 bits per heavy atom. The van der Waals surface area contributed by atoms with E-state index < -0.39 is 10.0 Å². The zero-order chi connectivity index (χ0) is 20.7. The van der Waals surface area contributed by atoms with E-state index in [9.17, 15) is 13.2 Å². The number of hydrogen-bond donors (Lipinski definition) is 1. The minimum atomic E-state index is -3.61. The average molecular weight is 430 g/mol. The summed E-state index contributed by atoms with van der Waals surface area (Å²) in [5.74, 6) is -0.167. The molecule has 0 aliphatic carbocycles. The van der Waals surface area contributed by atoms with Crippen molar-refractivity contribution in [1.82, 2.24) is 9.21 Å². The van der Waals surface area contributed by atoms with Crippen LogP contribution in [0.2, 0.25) is 5.02 Å². The molecule has 8 heteroatoms. The van der Waals surface area contributed by atoms with Gasteiger partial charge >= 0.3 is 0 Å². The lowest BCUT2D eigenvalue weighted by atomic mass is 10.1. The summed E-state index contributed by atoms with van der Waals surface area (Å²) in [7, 11) is -3.61. The molecule has 158 valence electrons. The van der Waals surface area contributed by atoms with E-state index >= 15 is 0 Å². The van der Waals surface area contributed by atoms with Gasteiger partial charge in [-0.1, -0.05) is 44.7 Å². The van der Waals surface area contributed by atoms with Crippen LogP contribution in [0.4, 0.5) is 5.69 Å². The Bertz CT molecular complexity index is 758. The molecule has 0 saturated carbocycles. The molecule has 1 aliphatic rings. The van der Waals surface area contributed by atoms with Gasteiger partial charge in [-0.05, 0) is 51.1 Å². The Kier molecular flexibility index (Phi) is 8.74. The number of nitrogens with zero attached hydrogens (tertiary/aromatic N) is 2. The van der Waals surface area contributed by atoms with Crippen molar-refractivity contribution >= 4 is 33.2 Å². The molecule has 28 heavy (non-hydrogen) atoms. The van der Waals surface area contributed by atoms with E-state index in [0.29, 0.717) is 23.8 Å². The maximum atomic E-state index is 12.8. The quantitative estimate of drug-likeness (QED) is 0.712. The molecule has 1 aromatic carbocycles. The van der Waals surface area contributed by atoms with Crippen molar-refractivity contribution in [2.45, 2.75) is 63.8 Å². The zero-order valence-corrected chi connectivity index (χ0v) is 18.7. The van der Waals surface area contributed by atoms with Crippen LogP contribution in [0.5, 0.6) is 0 Å². The van der Waals surface area contributed by atoms with E-state index in [4.69, 9.17) is 11.6 Å². The van der Waals surface area contributed by atoms with Crippen LogP contribution in [0.3, 0.4) is 0 Å². The van der Waals surface area contributed by atoms with E-state index in [2.05, 4.69) is 10.2 Å². The number of nitrogens with one attached hydrogen (secondary N) is 1. The van der Waals surface area contributed by atoms with Crippen LogP contribution in [0.15, 0.2) is 23.1 Å². The molecule has 1 fully saturated rings. The van der Waals surface area contributed by atoms with E-state index in [-0.39, 0.29) is 16.8 Å². The van der Waals surface area contributed by atoms with Gasteiger partial charge < -0.3 is 5.32 Å². The highest BCUT2D eigenvalue weighted by Crippen LogP contribution is 2.27. The number of amides is 1. The standard InChI is InChI=1S/C20H32ClN3O3S/c1-4-24(5-2)28(26,27)17-11-12-18(21)19(15-17)22-20(25)16(3)23-13-9-7-6-8-10-14-23/h11-12,15-16H,4-10,13-14H2,1-3H3,(H,22,25)/t16-/m0/s1. The summed E-state index contributed by atoms with van der Waals surface area (Å²) in [5, 5.41) is 3.16. The van der Waals surface area contributed by atoms with Crippen molar-refractivity contribution in [1.29, 1.82) is 0 Å². The van der Waals surface area contributed by atoms with Gasteiger partial charge in [0.2, 0.25) is 15.9 Å². The number of sulfonamides is 1. The first kappa shape index (κ1) is 23.1. The third kappa shape index (κ3) is 5.69. The SMILES string of the molecule is CCN(CC)S(=O)(=O)c1ccc(Cl)c(NC(=O)[C@H](C)N2CCCCCCC2)c1. The predicted octanol–water partition coefficient (Wildman–Crippen LogP) is 3.96. The van der Waals surface area contributed by atoms with Crippen LogP contribution >= 0.6 is 11.6 Å². The Morgan fingerprint density at radius 3 is 2.29 bits per heavy atom. The molecule has 6 nitrogen and oxygen atoms in total. The number of benzene rings is 1. The van der Waals surface area contributed by atoms with Crippen LogP contribution in [0, 0.1) is 0 Å². The summed E-state index contributed by atoms with van der Waals surface area (Å²) < 4.78 is 26.9. The zero-order valence-electron chi connectivity index (χ0n) is 17.1. The van der Waals surface area contributed by atoms with Gasteiger partial charge in [0.1, 0.15) is 0 Å². The van der Waals surface area contributed by atoms with Crippen molar-refractivity contribution < 1.29 is 13.2 Å². The molecule has 0 spiro atoms. The lowest BCUT2D eigenvalue weighted by Gasteiger charge is -2.29. The fourth-order valence-corrected chi connectivity index (χ4v) is 5.19. The van der Waals surface area contributed by atoms with Gasteiger partial charge in [0.05, 0.1) is 21.6 Å². The van der Waals surface area contributed by atoms with Crippen molar-refractivity contribution in [2.75, 3.05) is 31.5 Å². The highest BCUT2D eigenvalue weighted by atomic mass is 35.5. The summed E-state index contributed by atoms with van der Waals surface area (Å²) in [4.78, 5) is 15.1. The summed E-state index contributed by atoms with van der Waals surface area (Å²) in [6.45, 7) is 8.05. The monoisotopic (exact) mass is 429 g/mol. The molecule has 1 heterocycles. The molecule has 0 radical (unpaired) electrons. The number of hydrogen-bond acceptors (Lipinski definition) is 4. The van der Waals surface area contributed by atoms with Gasteiger partial charge in [-0.25, -0.2) is 8.42 Å². The molecule has 1 atom stereocenters. The molecule has 0 unspecified atom stereocenters. The molecule has 1 N–H and O–H groups in total. The Morgan fingerprint density at radius 1 is 1.14 bits per heavy atom. The van der Waals surface area contributed by atoms with Crippen molar-refractivity contribution in [3.05, 3.63) is 23.2 Å². The molecular weight excluding hydrogens is 398 g/mol. The second-order valence-electron chi connectivity index (χ2n) is 7.20. The number of carbonyl (C=O) groups excluding carboxylic acids is 1. The number of likely N-dealkylation sites (tertiary alicyclic amines) is 1. The lowest BCUT2D eigenvalue weighted by molar-refractivity contribution is -0.120. The van der Waals surface area contributed by atoms with E-state index in [1.807, 2.05) is 6.92 Å². The maximum Gasteiger partial charge on any atom is 0.243 e. The number of anilines is 1. The van der Waals surface area contributed by atoms with Crippen molar-refractivity contribution in [3.8, 4) is 0 Å². The van der Waals surface area contributed by atoms with Gasteiger partial charge in [0, 0.05) is 13.1 Å². The van der Waals surface area contributed by atoms with Gasteiger partial charge in [0.25, 0.3) is 0 Å². The van der Waals surface area contributed by atoms with Gasteiger partial charge in [-0.15, -0.1) is 0 Å². The molecule has 0 aromatic heterocycles. The van der Waals surface area contributed by atoms with E-state index in [0.717, 1.165) is 25.9 Å². The van der Waals surface area contributed by atoms with Crippen LogP contribution in [0.25, 0.3) is 0 Å². The topological polar surface area (TPSA) is 69.7 Å². The van der Waals surface area contributed by atoms with Crippen molar-refractivity contribution in [3.63, 3.8) is 0 Å². The highest BCUT2D eigenvalue weighted by molar-refractivity contribution is 7.89. The second-order valence-corrected chi connectivity index (χ2v) is 9.55. The highest BCUT2D eigenvalue weighted by Gasteiger charge is 2.25. The number of halogens is 1. The summed E-state index contributed by atoms with van der Waals surface area (Å²) in [6.07, 6.45) is 5.84. The van der Waals surface area contributed by atoms with Crippen LogP contribution in [-0.2, 0) is 14.8 Å². The maximum absolute atomic E-state index is 12.8. The molecule has 2 rings (SSSR count). The molecule has 1 aromatic rings. The third-order valence-electron chi connectivity index (χ3n) is 5.36. The fourth-order valence-electron chi connectivity index (χ4n) is 3.54. The van der Waals surface area contributed by atoms with E-state index in [1.54, 1.807) is 13.8 Å². The Balaban J connectivity index is 2.17. The van der Waals surface area contributed by atoms with E-state index in [1.165, 1.54) is 41.8 Å². The second kappa shape index (κ2) is 10.6. The average Bonchev–Trinajstić information content (AvgIpc) is 2.63. The minimum absolute atomic E-state index is 0.134. The summed E-state index contributed by atoms with van der Waals surface area (Å²) in [5.41, 5.74) is 0.332. The molecule has 1 saturated heterocycles. The first-order valence-corrected chi connectivity index (χ1v) is 12.0. The van der Waals surface area contributed by atoms with Gasteiger partial charge in [-0.3, -0.25) is 9.69 Å². The number of carbonyl (C=O) groups is 1.